The van der Waals surface area contributed by atoms with Gasteiger partial charge in [0.1, 0.15) is 12.1 Å². The molecule has 28 heavy (non-hydrogen) atoms. The van der Waals surface area contributed by atoms with E-state index >= 15 is 0 Å². The van der Waals surface area contributed by atoms with Crippen LogP contribution in [0.3, 0.4) is 0 Å². The van der Waals surface area contributed by atoms with Crippen LogP contribution in [-0.4, -0.2) is 47.9 Å². The second-order valence-electron chi connectivity index (χ2n) is 7.51. The van der Waals surface area contributed by atoms with E-state index in [9.17, 15) is 19.2 Å². The highest BCUT2D eigenvalue weighted by Crippen LogP contribution is 2.38. The number of benzene rings is 1. The number of methoxy groups -OCH3 is 1. The lowest BCUT2D eigenvalue weighted by molar-refractivity contribution is -0.136. The topological polar surface area (TPSA) is 105 Å². The number of hydrogen-bond acceptors (Lipinski definition) is 5. The van der Waals surface area contributed by atoms with E-state index in [1.165, 1.54) is 13.2 Å². The molecule has 3 rings (SSSR count). The van der Waals surface area contributed by atoms with Gasteiger partial charge in [-0.1, -0.05) is 25.8 Å². The summed E-state index contributed by atoms with van der Waals surface area (Å²) in [7, 11) is 1.28. The first-order valence-electron chi connectivity index (χ1n) is 9.41. The monoisotopic (exact) mass is 387 g/mol. The smallest absolute Gasteiger partial charge is 0.337 e. The molecule has 1 saturated heterocycles. The van der Waals surface area contributed by atoms with E-state index < -0.39 is 23.4 Å². The molecule has 8 heteroatoms. The molecule has 150 valence electrons. The summed E-state index contributed by atoms with van der Waals surface area (Å²) in [6.07, 6.45) is 3.36. The SMILES string of the molecule is COC(=O)c1ccc(C)c(NC(=O)CN2C(=O)N[C@@]3(CCCC[C@@H]3C)C2=O)c1. The number of aryl methyl sites for hydroxylation is 1. The normalized spacial score (nSPS) is 24.2. The van der Waals surface area contributed by atoms with E-state index in [1.807, 2.05) is 6.92 Å². The maximum Gasteiger partial charge on any atom is 0.337 e. The Balaban J connectivity index is 1.72. The molecule has 1 heterocycles. The second kappa shape index (κ2) is 7.61. The van der Waals surface area contributed by atoms with Crippen molar-refractivity contribution in [2.24, 2.45) is 5.92 Å². The van der Waals surface area contributed by atoms with Crippen LogP contribution in [0.15, 0.2) is 18.2 Å². The molecule has 1 aromatic carbocycles. The van der Waals surface area contributed by atoms with Crippen molar-refractivity contribution in [1.29, 1.82) is 0 Å². The van der Waals surface area contributed by atoms with E-state index in [0.717, 1.165) is 29.7 Å². The molecule has 0 unspecified atom stereocenters. The van der Waals surface area contributed by atoms with Gasteiger partial charge < -0.3 is 15.4 Å². The lowest BCUT2D eigenvalue weighted by Gasteiger charge is -2.36. The molecule has 1 aliphatic heterocycles. The third kappa shape index (κ3) is 3.46. The zero-order chi connectivity index (χ0) is 20.5. The van der Waals surface area contributed by atoms with Crippen molar-refractivity contribution in [1.82, 2.24) is 10.2 Å². The molecule has 4 amide bonds. The fraction of sp³-hybridized carbons (Fsp3) is 0.500. The number of urea groups is 1. The van der Waals surface area contributed by atoms with Gasteiger partial charge in [-0.25, -0.2) is 9.59 Å². The van der Waals surface area contributed by atoms with Crippen molar-refractivity contribution in [3.05, 3.63) is 29.3 Å². The summed E-state index contributed by atoms with van der Waals surface area (Å²) in [6.45, 7) is 3.37. The molecule has 2 atom stereocenters. The van der Waals surface area contributed by atoms with E-state index in [4.69, 9.17) is 0 Å². The van der Waals surface area contributed by atoms with Gasteiger partial charge in [0.05, 0.1) is 12.7 Å². The quantitative estimate of drug-likeness (QED) is 0.609. The lowest BCUT2D eigenvalue weighted by atomic mass is 9.73. The highest BCUT2D eigenvalue weighted by Gasteiger charge is 2.55. The van der Waals surface area contributed by atoms with Crippen LogP contribution in [0, 0.1) is 12.8 Å². The van der Waals surface area contributed by atoms with Gasteiger partial charge in [0.25, 0.3) is 5.91 Å². The summed E-state index contributed by atoms with van der Waals surface area (Å²) in [5, 5.41) is 5.51. The van der Waals surface area contributed by atoms with Crippen molar-refractivity contribution in [3.63, 3.8) is 0 Å². The Kier molecular flexibility index (Phi) is 5.40. The summed E-state index contributed by atoms with van der Waals surface area (Å²) in [5.74, 6) is -1.32. The van der Waals surface area contributed by atoms with Crippen LogP contribution < -0.4 is 10.6 Å². The number of anilines is 1. The number of nitrogens with one attached hydrogen (secondary N) is 2. The summed E-state index contributed by atoms with van der Waals surface area (Å²) in [6, 6.07) is 4.26. The largest absolute Gasteiger partial charge is 0.465 e. The number of imide groups is 1. The third-order valence-corrected chi connectivity index (χ3v) is 5.74. The fourth-order valence-corrected chi connectivity index (χ4v) is 3.97. The number of rotatable bonds is 4. The number of amides is 4. The number of carbonyl (C=O) groups excluding carboxylic acids is 4. The Labute approximate surface area is 163 Å². The van der Waals surface area contributed by atoms with Crippen LogP contribution in [0.1, 0.15) is 48.5 Å². The molecule has 0 aromatic heterocycles. The molecule has 8 nitrogen and oxygen atoms in total. The Hall–Kier alpha value is -2.90. The van der Waals surface area contributed by atoms with E-state index in [-0.39, 0.29) is 18.4 Å². The molecule has 1 saturated carbocycles. The van der Waals surface area contributed by atoms with Gasteiger partial charge in [0, 0.05) is 5.69 Å². The number of ether oxygens (including phenoxy) is 1. The number of nitrogens with zero attached hydrogens (tertiary/aromatic N) is 1. The molecular formula is C20H25N3O5. The van der Waals surface area contributed by atoms with Crippen LogP contribution in [0.5, 0.6) is 0 Å². The summed E-state index contributed by atoms with van der Waals surface area (Å²) in [4.78, 5) is 50.5. The lowest BCUT2D eigenvalue weighted by Crippen LogP contribution is -2.54. The van der Waals surface area contributed by atoms with Gasteiger partial charge in [-0.2, -0.15) is 0 Å². The predicted molar refractivity (Wildman–Crippen MR) is 102 cm³/mol. The summed E-state index contributed by atoms with van der Waals surface area (Å²) >= 11 is 0. The second-order valence-corrected chi connectivity index (χ2v) is 7.51. The van der Waals surface area contributed by atoms with Crippen LogP contribution >= 0.6 is 0 Å². The molecule has 1 aromatic rings. The Bertz CT molecular complexity index is 837. The maximum absolute atomic E-state index is 12.9. The van der Waals surface area contributed by atoms with Crippen LogP contribution in [0.25, 0.3) is 0 Å². The number of esters is 1. The summed E-state index contributed by atoms with van der Waals surface area (Å²) < 4.78 is 4.69. The van der Waals surface area contributed by atoms with Crippen molar-refractivity contribution < 1.29 is 23.9 Å². The zero-order valence-electron chi connectivity index (χ0n) is 16.3. The average Bonchev–Trinajstić information content (AvgIpc) is 2.90. The predicted octanol–water partition coefficient (Wildman–Crippen LogP) is 2.22. The molecule has 2 N–H and O–H groups in total. The van der Waals surface area contributed by atoms with E-state index in [1.54, 1.807) is 19.1 Å². The third-order valence-electron chi connectivity index (χ3n) is 5.74. The molecular weight excluding hydrogens is 362 g/mol. The zero-order valence-corrected chi connectivity index (χ0v) is 16.3. The first-order chi connectivity index (χ1) is 13.3. The Morgan fingerprint density at radius 2 is 2.07 bits per heavy atom. The minimum Gasteiger partial charge on any atom is -0.465 e. The minimum atomic E-state index is -0.893. The highest BCUT2D eigenvalue weighted by molar-refractivity contribution is 6.10. The minimum absolute atomic E-state index is 0.0322. The van der Waals surface area contributed by atoms with Gasteiger partial charge in [0.15, 0.2) is 0 Å². The molecule has 2 aliphatic rings. The Morgan fingerprint density at radius 3 is 2.75 bits per heavy atom. The van der Waals surface area contributed by atoms with E-state index in [0.29, 0.717) is 17.7 Å². The van der Waals surface area contributed by atoms with Gasteiger partial charge in [-0.15, -0.1) is 0 Å². The van der Waals surface area contributed by atoms with Crippen molar-refractivity contribution in [2.45, 2.75) is 45.1 Å². The van der Waals surface area contributed by atoms with Crippen LogP contribution in [0.4, 0.5) is 10.5 Å². The standard InChI is InChI=1S/C20H25N3O5/c1-12-7-8-14(17(25)28-3)10-15(12)21-16(24)11-23-18(26)20(22-19(23)27)9-5-4-6-13(20)2/h7-8,10,13H,4-6,9,11H2,1-3H3,(H,21,24)(H,22,27)/t13-,20+/m0/s1. The van der Waals surface area contributed by atoms with Crippen molar-refractivity contribution in [2.75, 3.05) is 19.0 Å². The van der Waals surface area contributed by atoms with Gasteiger partial charge in [-0.3, -0.25) is 14.5 Å². The van der Waals surface area contributed by atoms with Crippen molar-refractivity contribution in [3.8, 4) is 0 Å². The first kappa shape index (κ1) is 19.9. The number of hydrogen-bond donors (Lipinski definition) is 2. The van der Waals surface area contributed by atoms with Crippen LogP contribution in [-0.2, 0) is 14.3 Å². The fourth-order valence-electron chi connectivity index (χ4n) is 3.97. The average molecular weight is 387 g/mol. The first-order valence-corrected chi connectivity index (χ1v) is 9.41. The number of carbonyl (C=O) groups is 4. The summed E-state index contributed by atoms with van der Waals surface area (Å²) in [5.41, 5.74) is 0.584. The van der Waals surface area contributed by atoms with Gasteiger partial charge >= 0.3 is 12.0 Å². The van der Waals surface area contributed by atoms with E-state index in [2.05, 4.69) is 15.4 Å². The molecule has 1 aliphatic carbocycles. The maximum atomic E-state index is 12.9. The molecule has 1 spiro atoms. The molecule has 2 fully saturated rings. The molecule has 0 radical (unpaired) electrons. The van der Waals surface area contributed by atoms with Crippen molar-refractivity contribution >= 4 is 29.5 Å². The van der Waals surface area contributed by atoms with Gasteiger partial charge in [-0.05, 0) is 43.4 Å². The Morgan fingerprint density at radius 1 is 1.32 bits per heavy atom. The molecule has 0 bridgehead atoms. The highest BCUT2D eigenvalue weighted by atomic mass is 16.5. The van der Waals surface area contributed by atoms with Gasteiger partial charge in [0.2, 0.25) is 5.91 Å². The van der Waals surface area contributed by atoms with Crippen LogP contribution in [0.2, 0.25) is 0 Å².